The number of amides is 1. The normalized spacial score (nSPS) is 17.7. The zero-order chi connectivity index (χ0) is 18.5. The Labute approximate surface area is 158 Å². The van der Waals surface area contributed by atoms with Crippen LogP contribution in [0.2, 0.25) is 0 Å². The molecule has 0 aliphatic carbocycles. The number of aryl methyl sites for hydroxylation is 1. The van der Waals surface area contributed by atoms with E-state index in [-0.39, 0.29) is 18.8 Å². The van der Waals surface area contributed by atoms with Gasteiger partial charge in [0.2, 0.25) is 12.7 Å². The van der Waals surface area contributed by atoms with E-state index < -0.39 is 0 Å². The molecule has 2 aromatic carbocycles. The second-order valence-corrected chi connectivity index (χ2v) is 6.71. The molecule has 2 aliphatic rings. The zero-order valence-electron chi connectivity index (χ0n) is 15.1. The summed E-state index contributed by atoms with van der Waals surface area (Å²) < 4.78 is 21.9. The first-order valence-corrected chi connectivity index (χ1v) is 9.29. The van der Waals surface area contributed by atoms with Crippen LogP contribution in [0.4, 0.5) is 5.69 Å². The van der Waals surface area contributed by atoms with E-state index in [1.807, 2.05) is 42.5 Å². The van der Waals surface area contributed by atoms with Gasteiger partial charge in [-0.1, -0.05) is 6.07 Å². The maximum Gasteiger partial charge on any atom is 0.231 e. The average molecular weight is 369 g/mol. The molecule has 142 valence electrons. The molecule has 0 bridgehead atoms. The molecule has 27 heavy (non-hydrogen) atoms. The Kier molecular flexibility index (Phi) is 5.44. The summed E-state index contributed by atoms with van der Waals surface area (Å²) >= 11 is 0. The van der Waals surface area contributed by atoms with Gasteiger partial charge in [-0.15, -0.1) is 0 Å². The third-order valence-electron chi connectivity index (χ3n) is 4.68. The molecule has 0 radical (unpaired) electrons. The van der Waals surface area contributed by atoms with E-state index >= 15 is 0 Å². The van der Waals surface area contributed by atoms with Gasteiger partial charge in [-0.25, -0.2) is 0 Å². The molecule has 2 aliphatic heterocycles. The molecule has 2 aromatic rings. The third kappa shape index (κ3) is 4.71. The van der Waals surface area contributed by atoms with Gasteiger partial charge in [-0.3, -0.25) is 4.79 Å². The number of hydrogen-bond acceptors (Lipinski definition) is 5. The summed E-state index contributed by atoms with van der Waals surface area (Å²) in [6.07, 6.45) is 3.39. The predicted octanol–water partition coefficient (Wildman–Crippen LogP) is 3.54. The minimum Gasteiger partial charge on any atom is -0.491 e. The Balaban J connectivity index is 1.23. The van der Waals surface area contributed by atoms with Gasteiger partial charge in [0.05, 0.1) is 6.10 Å². The van der Waals surface area contributed by atoms with E-state index in [1.165, 1.54) is 0 Å². The van der Waals surface area contributed by atoms with Crippen LogP contribution >= 0.6 is 0 Å². The molecule has 1 atom stereocenters. The molecule has 0 spiro atoms. The molecule has 1 saturated heterocycles. The number of benzene rings is 2. The maximum absolute atomic E-state index is 12.2. The Morgan fingerprint density at radius 2 is 1.96 bits per heavy atom. The Morgan fingerprint density at radius 3 is 2.78 bits per heavy atom. The number of carbonyl (C=O) groups is 1. The molecule has 4 rings (SSSR count). The van der Waals surface area contributed by atoms with Crippen LogP contribution in [0.5, 0.6) is 17.2 Å². The van der Waals surface area contributed by atoms with Crippen molar-refractivity contribution < 1.29 is 23.7 Å². The largest absolute Gasteiger partial charge is 0.491 e. The second-order valence-electron chi connectivity index (χ2n) is 6.71. The summed E-state index contributed by atoms with van der Waals surface area (Å²) in [5, 5.41) is 2.91. The average Bonchev–Trinajstić information content (AvgIpc) is 3.37. The summed E-state index contributed by atoms with van der Waals surface area (Å²) in [7, 11) is 0. The van der Waals surface area contributed by atoms with E-state index in [0.717, 1.165) is 47.9 Å². The van der Waals surface area contributed by atoms with Crippen LogP contribution in [0.25, 0.3) is 0 Å². The summed E-state index contributed by atoms with van der Waals surface area (Å²) in [4.78, 5) is 12.2. The van der Waals surface area contributed by atoms with E-state index in [1.54, 1.807) is 0 Å². The monoisotopic (exact) mass is 369 g/mol. The fraction of sp³-hybridized carbons (Fsp3) is 0.381. The van der Waals surface area contributed by atoms with Gasteiger partial charge in [-0.05, 0) is 61.2 Å². The van der Waals surface area contributed by atoms with Crippen molar-refractivity contribution in [1.82, 2.24) is 0 Å². The lowest BCUT2D eigenvalue weighted by atomic mass is 10.1. The van der Waals surface area contributed by atoms with Crippen molar-refractivity contribution in [1.29, 1.82) is 0 Å². The predicted molar refractivity (Wildman–Crippen MR) is 100 cm³/mol. The van der Waals surface area contributed by atoms with Crippen molar-refractivity contribution in [3.05, 3.63) is 48.0 Å². The maximum atomic E-state index is 12.2. The van der Waals surface area contributed by atoms with Crippen LogP contribution < -0.4 is 19.5 Å². The van der Waals surface area contributed by atoms with Gasteiger partial charge in [0.25, 0.3) is 0 Å². The van der Waals surface area contributed by atoms with Crippen LogP contribution in [-0.4, -0.2) is 32.0 Å². The van der Waals surface area contributed by atoms with Gasteiger partial charge < -0.3 is 24.3 Å². The number of rotatable bonds is 7. The lowest BCUT2D eigenvalue weighted by Crippen LogP contribution is -2.16. The molecule has 0 saturated carbocycles. The molecule has 1 amide bonds. The van der Waals surface area contributed by atoms with Crippen LogP contribution in [0.3, 0.4) is 0 Å². The van der Waals surface area contributed by atoms with Crippen molar-refractivity contribution in [2.75, 3.05) is 25.3 Å². The highest BCUT2D eigenvalue weighted by Gasteiger charge is 2.16. The molecule has 1 fully saturated rings. The Hall–Kier alpha value is -2.73. The van der Waals surface area contributed by atoms with E-state index in [4.69, 9.17) is 18.9 Å². The topological polar surface area (TPSA) is 66.0 Å². The molecule has 0 aromatic heterocycles. The molecule has 1 N–H and O–H groups in total. The first-order valence-electron chi connectivity index (χ1n) is 9.29. The number of anilines is 1. The number of hydrogen-bond donors (Lipinski definition) is 1. The summed E-state index contributed by atoms with van der Waals surface area (Å²) in [5.41, 5.74) is 1.81. The van der Waals surface area contributed by atoms with Crippen LogP contribution in [-0.2, 0) is 16.0 Å². The highest BCUT2D eigenvalue weighted by molar-refractivity contribution is 5.90. The van der Waals surface area contributed by atoms with Gasteiger partial charge in [0.1, 0.15) is 12.4 Å². The van der Waals surface area contributed by atoms with Crippen molar-refractivity contribution in [3.63, 3.8) is 0 Å². The number of carbonyl (C=O) groups excluding carboxylic acids is 1. The Bertz CT molecular complexity index is 784. The third-order valence-corrected chi connectivity index (χ3v) is 4.68. The van der Waals surface area contributed by atoms with Crippen LogP contribution in [0.15, 0.2) is 42.5 Å². The lowest BCUT2D eigenvalue weighted by Gasteiger charge is -2.12. The molecule has 2 heterocycles. The van der Waals surface area contributed by atoms with Gasteiger partial charge in [-0.2, -0.15) is 0 Å². The first-order chi connectivity index (χ1) is 13.3. The molecule has 6 heteroatoms. The number of nitrogens with one attached hydrogen (secondary N) is 1. The molecular formula is C21H23NO5. The first kappa shape index (κ1) is 17.7. The van der Waals surface area contributed by atoms with Crippen molar-refractivity contribution in [3.8, 4) is 17.2 Å². The number of fused-ring (bicyclic) bond motifs is 1. The van der Waals surface area contributed by atoms with E-state index in [2.05, 4.69) is 5.32 Å². The highest BCUT2D eigenvalue weighted by Crippen LogP contribution is 2.32. The van der Waals surface area contributed by atoms with Gasteiger partial charge in [0, 0.05) is 18.7 Å². The van der Waals surface area contributed by atoms with Crippen LogP contribution in [0.1, 0.15) is 24.8 Å². The molecular weight excluding hydrogens is 346 g/mol. The summed E-state index contributed by atoms with van der Waals surface area (Å²) in [6.45, 7) is 1.65. The minimum atomic E-state index is -0.0271. The minimum absolute atomic E-state index is 0.0271. The fourth-order valence-corrected chi connectivity index (χ4v) is 3.18. The Morgan fingerprint density at radius 1 is 1.11 bits per heavy atom. The SMILES string of the molecule is O=C(CCc1ccc2c(c1)OCO2)Nc1ccc(OCC2CCCO2)cc1. The zero-order valence-corrected chi connectivity index (χ0v) is 15.1. The second kappa shape index (κ2) is 8.31. The van der Waals surface area contributed by atoms with Gasteiger partial charge in [0.15, 0.2) is 11.5 Å². The lowest BCUT2D eigenvalue weighted by molar-refractivity contribution is -0.116. The van der Waals surface area contributed by atoms with E-state index in [0.29, 0.717) is 19.4 Å². The van der Waals surface area contributed by atoms with Gasteiger partial charge >= 0.3 is 0 Å². The van der Waals surface area contributed by atoms with E-state index in [9.17, 15) is 4.79 Å². The smallest absolute Gasteiger partial charge is 0.231 e. The fourth-order valence-electron chi connectivity index (χ4n) is 3.18. The number of ether oxygens (including phenoxy) is 4. The standard InChI is InChI=1S/C21H23NO5/c23-21(10-4-15-3-9-19-20(12-15)27-14-26-19)22-16-5-7-17(8-6-16)25-13-18-2-1-11-24-18/h3,5-9,12,18H,1-2,4,10-11,13-14H2,(H,22,23). The molecule has 6 nitrogen and oxygen atoms in total. The summed E-state index contributed by atoms with van der Waals surface area (Å²) in [6, 6.07) is 13.2. The summed E-state index contributed by atoms with van der Waals surface area (Å²) in [5.74, 6) is 2.25. The molecule has 1 unspecified atom stereocenters. The van der Waals surface area contributed by atoms with Crippen molar-refractivity contribution in [2.45, 2.75) is 31.8 Å². The van der Waals surface area contributed by atoms with Crippen molar-refractivity contribution >= 4 is 11.6 Å². The van der Waals surface area contributed by atoms with Crippen LogP contribution in [0, 0.1) is 0 Å². The highest BCUT2D eigenvalue weighted by atomic mass is 16.7. The quantitative estimate of drug-likeness (QED) is 0.809. The van der Waals surface area contributed by atoms with Crippen molar-refractivity contribution in [2.24, 2.45) is 0 Å².